The van der Waals surface area contributed by atoms with Crippen molar-refractivity contribution in [1.82, 2.24) is 10.2 Å². The van der Waals surface area contributed by atoms with Gasteiger partial charge in [0.25, 0.3) is 0 Å². The number of hydrogen-bond donors (Lipinski definition) is 1. The van der Waals surface area contributed by atoms with Gasteiger partial charge < -0.3 is 19.7 Å². The quantitative estimate of drug-likeness (QED) is 0.443. The van der Waals surface area contributed by atoms with Gasteiger partial charge in [-0.1, -0.05) is 30.7 Å². The number of halogens is 1. The van der Waals surface area contributed by atoms with E-state index in [4.69, 9.17) is 21.1 Å². The van der Waals surface area contributed by atoms with Crippen molar-refractivity contribution in [2.75, 3.05) is 31.3 Å². The predicted molar refractivity (Wildman–Crippen MR) is 141 cm³/mol. The molecule has 0 radical (unpaired) electrons. The van der Waals surface area contributed by atoms with Gasteiger partial charge in [-0.05, 0) is 50.1 Å². The Morgan fingerprint density at radius 1 is 1.06 bits per heavy atom. The van der Waals surface area contributed by atoms with Gasteiger partial charge in [0, 0.05) is 23.7 Å². The molecule has 9 nitrogen and oxygen atoms in total. The number of hydrogen-bond acceptors (Lipinski definition) is 6. The minimum absolute atomic E-state index is 0.0946. The number of anilines is 1. The predicted octanol–water partition coefficient (Wildman–Crippen LogP) is 3.46. The molecule has 2 rings (SSSR count). The second-order valence-electron chi connectivity index (χ2n) is 8.54. The third-order valence-electron chi connectivity index (χ3n) is 5.42. The summed E-state index contributed by atoms with van der Waals surface area (Å²) in [4.78, 5) is 28.1. The Bertz CT molecular complexity index is 1150. The molecule has 1 unspecified atom stereocenters. The molecule has 0 heterocycles. The van der Waals surface area contributed by atoms with Crippen LogP contribution in [-0.2, 0) is 26.2 Å². The Morgan fingerprint density at radius 2 is 1.69 bits per heavy atom. The Morgan fingerprint density at radius 3 is 2.19 bits per heavy atom. The summed E-state index contributed by atoms with van der Waals surface area (Å²) in [5.41, 5.74) is 0.928. The van der Waals surface area contributed by atoms with Crippen LogP contribution in [-0.4, -0.2) is 64.2 Å². The number of rotatable bonds is 12. The van der Waals surface area contributed by atoms with E-state index in [-0.39, 0.29) is 29.9 Å². The van der Waals surface area contributed by atoms with Crippen molar-refractivity contribution in [3.63, 3.8) is 0 Å². The lowest BCUT2D eigenvalue weighted by Crippen LogP contribution is -2.53. The number of benzene rings is 2. The van der Waals surface area contributed by atoms with Crippen LogP contribution in [0.1, 0.15) is 32.8 Å². The zero-order valence-corrected chi connectivity index (χ0v) is 23.0. The molecule has 2 aromatic carbocycles. The highest BCUT2D eigenvalue weighted by Crippen LogP contribution is 2.33. The fourth-order valence-corrected chi connectivity index (χ4v) is 4.65. The van der Waals surface area contributed by atoms with Crippen molar-refractivity contribution in [2.24, 2.45) is 0 Å². The highest BCUT2D eigenvalue weighted by molar-refractivity contribution is 7.92. The number of nitrogens with one attached hydrogen (secondary N) is 1. The molecule has 2 amide bonds. The maximum Gasteiger partial charge on any atom is 0.244 e. The zero-order valence-electron chi connectivity index (χ0n) is 21.4. The third-order valence-corrected chi connectivity index (χ3v) is 6.80. The molecule has 11 heteroatoms. The maximum atomic E-state index is 13.7. The fourth-order valence-electron chi connectivity index (χ4n) is 3.67. The lowest BCUT2D eigenvalue weighted by molar-refractivity contribution is -0.140. The highest BCUT2D eigenvalue weighted by atomic mass is 35.5. The van der Waals surface area contributed by atoms with Gasteiger partial charge in [-0.3, -0.25) is 13.9 Å². The molecule has 2 aromatic rings. The average molecular weight is 540 g/mol. The molecule has 0 aliphatic carbocycles. The van der Waals surface area contributed by atoms with Gasteiger partial charge in [0.2, 0.25) is 21.8 Å². The molecule has 0 aliphatic heterocycles. The van der Waals surface area contributed by atoms with Crippen LogP contribution in [0.3, 0.4) is 0 Å². The molecular formula is C25H34ClN3O6S. The molecule has 0 saturated carbocycles. The van der Waals surface area contributed by atoms with E-state index >= 15 is 0 Å². The van der Waals surface area contributed by atoms with Crippen LogP contribution < -0.4 is 19.1 Å². The van der Waals surface area contributed by atoms with Gasteiger partial charge in [0.15, 0.2) is 0 Å². The number of nitrogens with zero attached hydrogens (tertiary/aromatic N) is 2. The van der Waals surface area contributed by atoms with Crippen LogP contribution in [0, 0.1) is 0 Å². The van der Waals surface area contributed by atoms with Crippen molar-refractivity contribution in [3.05, 3.63) is 53.1 Å². The van der Waals surface area contributed by atoms with Crippen LogP contribution in [0.5, 0.6) is 11.5 Å². The SMILES string of the molecule is CCC(C(=O)NC(C)C)N(Cc1ccc(Cl)cc1)C(=O)CN(c1ccc(OC)cc1OC)S(C)(=O)=O. The van der Waals surface area contributed by atoms with E-state index in [2.05, 4.69) is 5.32 Å². The van der Waals surface area contributed by atoms with E-state index < -0.39 is 28.5 Å². The van der Waals surface area contributed by atoms with E-state index in [1.54, 1.807) is 37.3 Å². The largest absolute Gasteiger partial charge is 0.497 e. The number of methoxy groups -OCH3 is 2. The number of ether oxygens (including phenoxy) is 2. The zero-order chi connectivity index (χ0) is 27.0. The van der Waals surface area contributed by atoms with Crippen molar-refractivity contribution >= 4 is 39.1 Å². The molecule has 198 valence electrons. The van der Waals surface area contributed by atoms with E-state index in [9.17, 15) is 18.0 Å². The molecule has 0 saturated heterocycles. The number of carbonyl (C=O) groups is 2. The van der Waals surface area contributed by atoms with Crippen molar-refractivity contribution in [2.45, 2.75) is 45.8 Å². The lowest BCUT2D eigenvalue weighted by Gasteiger charge is -2.33. The Hall–Kier alpha value is -2.98. The lowest BCUT2D eigenvalue weighted by atomic mass is 10.1. The van der Waals surface area contributed by atoms with Crippen LogP contribution in [0.2, 0.25) is 5.02 Å². The van der Waals surface area contributed by atoms with E-state index in [0.29, 0.717) is 17.2 Å². The summed E-state index contributed by atoms with van der Waals surface area (Å²) in [5.74, 6) is -0.167. The van der Waals surface area contributed by atoms with E-state index in [1.807, 2.05) is 13.8 Å². The summed E-state index contributed by atoms with van der Waals surface area (Å²) in [5, 5.41) is 3.39. The molecule has 1 atom stereocenters. The highest BCUT2D eigenvalue weighted by Gasteiger charge is 2.32. The van der Waals surface area contributed by atoms with E-state index in [0.717, 1.165) is 16.1 Å². The fraction of sp³-hybridized carbons (Fsp3) is 0.440. The summed E-state index contributed by atoms with van der Waals surface area (Å²) in [6, 6.07) is 10.6. The average Bonchev–Trinajstić information content (AvgIpc) is 2.82. The summed E-state index contributed by atoms with van der Waals surface area (Å²) in [7, 11) is -1.02. The maximum absolute atomic E-state index is 13.7. The first-order chi connectivity index (χ1) is 16.9. The van der Waals surface area contributed by atoms with Gasteiger partial charge >= 0.3 is 0 Å². The molecule has 36 heavy (non-hydrogen) atoms. The molecule has 0 spiro atoms. The molecule has 1 N–H and O–H groups in total. The number of amides is 2. The Labute approximate surface area is 218 Å². The van der Waals surface area contributed by atoms with Gasteiger partial charge in [0.1, 0.15) is 24.1 Å². The van der Waals surface area contributed by atoms with Gasteiger partial charge in [0.05, 0.1) is 26.2 Å². The van der Waals surface area contributed by atoms with Gasteiger partial charge in [-0.25, -0.2) is 8.42 Å². The number of sulfonamides is 1. The third kappa shape index (κ3) is 7.76. The molecule has 0 bridgehead atoms. The first kappa shape index (κ1) is 29.3. The van der Waals surface area contributed by atoms with Crippen LogP contribution in [0.15, 0.2) is 42.5 Å². The second-order valence-corrected chi connectivity index (χ2v) is 10.9. The summed E-state index contributed by atoms with van der Waals surface area (Å²) in [6.45, 7) is 5.03. The molecular weight excluding hydrogens is 506 g/mol. The summed E-state index contributed by atoms with van der Waals surface area (Å²) in [6.07, 6.45) is 1.35. The van der Waals surface area contributed by atoms with E-state index in [1.165, 1.54) is 31.3 Å². The molecule has 0 aliphatic rings. The first-order valence-electron chi connectivity index (χ1n) is 11.4. The van der Waals surface area contributed by atoms with Crippen molar-refractivity contribution in [1.29, 1.82) is 0 Å². The Kier molecular flexibility index (Phi) is 10.4. The first-order valence-corrected chi connectivity index (χ1v) is 13.7. The standard InChI is InChI=1S/C25H34ClN3O6S/c1-7-21(25(31)27-17(2)3)28(15-18-8-10-19(26)11-9-18)24(30)16-29(36(6,32)33)22-13-12-20(34-4)14-23(22)35-5/h8-14,17,21H,7,15-16H2,1-6H3,(H,27,31). The van der Waals surface area contributed by atoms with Crippen LogP contribution in [0.25, 0.3) is 0 Å². The summed E-state index contributed by atoms with van der Waals surface area (Å²) >= 11 is 6.01. The van der Waals surface area contributed by atoms with Gasteiger partial charge in [-0.15, -0.1) is 0 Å². The monoisotopic (exact) mass is 539 g/mol. The molecule has 0 aromatic heterocycles. The van der Waals surface area contributed by atoms with Crippen LogP contribution >= 0.6 is 11.6 Å². The van der Waals surface area contributed by atoms with Gasteiger partial charge in [-0.2, -0.15) is 0 Å². The normalized spacial score (nSPS) is 12.1. The van der Waals surface area contributed by atoms with Crippen molar-refractivity contribution < 1.29 is 27.5 Å². The topological polar surface area (TPSA) is 105 Å². The minimum atomic E-state index is -3.90. The minimum Gasteiger partial charge on any atom is -0.497 e. The second kappa shape index (κ2) is 12.8. The van der Waals surface area contributed by atoms with Crippen LogP contribution in [0.4, 0.5) is 5.69 Å². The smallest absolute Gasteiger partial charge is 0.244 e. The Balaban J connectivity index is 2.50. The molecule has 0 fully saturated rings. The van der Waals surface area contributed by atoms with Crippen molar-refractivity contribution in [3.8, 4) is 11.5 Å². The number of carbonyl (C=O) groups excluding carboxylic acids is 2. The summed E-state index contributed by atoms with van der Waals surface area (Å²) < 4.78 is 37.1.